The fourth-order valence-corrected chi connectivity index (χ4v) is 2.30. The Morgan fingerprint density at radius 1 is 1.25 bits per heavy atom. The maximum atomic E-state index is 12.7. The smallest absolute Gasteiger partial charge is 0.290 e. The van der Waals surface area contributed by atoms with Crippen molar-refractivity contribution < 1.29 is 14.3 Å². The van der Waals surface area contributed by atoms with Gasteiger partial charge in [-0.25, -0.2) is 4.39 Å². The van der Waals surface area contributed by atoms with Gasteiger partial charge in [0, 0.05) is 0 Å². The van der Waals surface area contributed by atoms with Crippen molar-refractivity contribution in [3.05, 3.63) is 35.6 Å². The molecular formula is C13H17FO2. The van der Waals surface area contributed by atoms with Crippen LogP contribution in [0.5, 0.6) is 0 Å². The third-order valence-corrected chi connectivity index (χ3v) is 3.25. The molecule has 0 atom stereocenters. The second-order valence-corrected chi connectivity index (χ2v) is 4.38. The van der Waals surface area contributed by atoms with Gasteiger partial charge in [0.25, 0.3) is 6.47 Å². The molecule has 2 rings (SSSR count). The molecule has 2 nitrogen and oxygen atoms in total. The van der Waals surface area contributed by atoms with Gasteiger partial charge in [0.05, 0.1) is 0 Å². The van der Waals surface area contributed by atoms with Gasteiger partial charge in [-0.15, -0.1) is 0 Å². The minimum Gasteiger partial charge on any atom is -0.483 e. The summed E-state index contributed by atoms with van der Waals surface area (Å²) >= 11 is 0. The van der Waals surface area contributed by atoms with Crippen LogP contribution in [0.4, 0.5) is 4.39 Å². The Bertz CT molecular complexity index is 326. The van der Waals surface area contributed by atoms with Crippen LogP contribution in [-0.4, -0.2) is 11.6 Å². The molecule has 0 heterocycles. The summed E-state index contributed by atoms with van der Waals surface area (Å²) in [6.07, 6.45) is 5.12. The van der Waals surface area contributed by atoms with Gasteiger partial charge in [0.1, 0.15) is 5.82 Å². The minimum atomic E-state index is -0.250. The molecule has 0 amide bonds. The molecule has 0 bridgehead atoms. The lowest BCUT2D eigenvalue weighted by Crippen LogP contribution is -2.16. The van der Waals surface area contributed by atoms with E-state index in [1.165, 1.54) is 31.2 Å². The van der Waals surface area contributed by atoms with Gasteiger partial charge in [-0.3, -0.25) is 4.79 Å². The van der Waals surface area contributed by atoms with E-state index in [9.17, 15) is 4.39 Å². The molecule has 1 saturated carbocycles. The van der Waals surface area contributed by atoms with E-state index in [2.05, 4.69) is 6.92 Å². The van der Waals surface area contributed by atoms with Gasteiger partial charge in [-0.2, -0.15) is 0 Å². The predicted molar refractivity (Wildman–Crippen MR) is 60.9 cm³/mol. The number of halogens is 1. The molecule has 0 saturated heterocycles. The molecule has 1 aromatic rings. The number of carbonyl (C=O) groups is 1. The number of benzene rings is 1. The first kappa shape index (κ1) is 12.7. The lowest BCUT2D eigenvalue weighted by Gasteiger charge is -2.23. The monoisotopic (exact) mass is 224 g/mol. The molecular weight excluding hydrogens is 207 g/mol. The van der Waals surface area contributed by atoms with Crippen LogP contribution in [0.3, 0.4) is 0 Å². The fraction of sp³-hybridized carbons (Fsp3) is 0.462. The van der Waals surface area contributed by atoms with E-state index in [0.717, 1.165) is 0 Å². The molecule has 1 aromatic carbocycles. The highest BCUT2D eigenvalue weighted by atomic mass is 19.1. The van der Waals surface area contributed by atoms with E-state index in [0.29, 0.717) is 5.41 Å². The van der Waals surface area contributed by atoms with Crippen molar-refractivity contribution in [1.82, 2.24) is 0 Å². The maximum absolute atomic E-state index is 12.7. The third kappa shape index (κ3) is 3.05. The molecule has 16 heavy (non-hydrogen) atoms. The topological polar surface area (TPSA) is 37.3 Å². The van der Waals surface area contributed by atoms with Crippen molar-refractivity contribution in [3.8, 4) is 0 Å². The zero-order valence-corrected chi connectivity index (χ0v) is 9.45. The van der Waals surface area contributed by atoms with Crippen LogP contribution in [0.1, 0.15) is 38.2 Å². The van der Waals surface area contributed by atoms with Gasteiger partial charge < -0.3 is 5.11 Å². The van der Waals surface area contributed by atoms with Gasteiger partial charge in [0.2, 0.25) is 0 Å². The van der Waals surface area contributed by atoms with E-state index >= 15 is 0 Å². The fourth-order valence-electron chi connectivity index (χ4n) is 2.30. The molecule has 1 aliphatic carbocycles. The predicted octanol–water partition coefficient (Wildman–Crippen LogP) is 3.36. The highest BCUT2D eigenvalue weighted by molar-refractivity contribution is 5.32. The Balaban J connectivity index is 0.000000386. The lowest BCUT2D eigenvalue weighted by molar-refractivity contribution is -0.122. The summed E-state index contributed by atoms with van der Waals surface area (Å²) < 4.78 is 12.7. The van der Waals surface area contributed by atoms with Crippen molar-refractivity contribution >= 4 is 6.47 Å². The van der Waals surface area contributed by atoms with E-state index in [1.807, 2.05) is 12.1 Å². The van der Waals surface area contributed by atoms with Crippen molar-refractivity contribution in [3.63, 3.8) is 0 Å². The summed E-state index contributed by atoms with van der Waals surface area (Å²) in [6.45, 7) is 2.03. The number of hydrogen-bond acceptors (Lipinski definition) is 1. The van der Waals surface area contributed by atoms with E-state index in [4.69, 9.17) is 9.90 Å². The Kier molecular flexibility index (Phi) is 4.47. The molecule has 0 aliphatic heterocycles. The van der Waals surface area contributed by atoms with Crippen LogP contribution >= 0.6 is 0 Å². The summed E-state index contributed by atoms with van der Waals surface area (Å²) in [7, 11) is 0. The average Bonchev–Trinajstić information content (AvgIpc) is 2.68. The molecule has 0 radical (unpaired) electrons. The van der Waals surface area contributed by atoms with Gasteiger partial charge in [-0.05, 0) is 36.0 Å². The van der Waals surface area contributed by atoms with E-state index in [1.54, 1.807) is 12.1 Å². The van der Waals surface area contributed by atoms with Crippen molar-refractivity contribution in [2.45, 2.75) is 38.0 Å². The van der Waals surface area contributed by atoms with Gasteiger partial charge in [0.15, 0.2) is 0 Å². The summed E-state index contributed by atoms with van der Waals surface area (Å²) in [4.78, 5) is 8.36. The number of carboxylic acid groups (broad SMARTS) is 1. The maximum Gasteiger partial charge on any atom is 0.290 e. The molecule has 0 spiro atoms. The zero-order valence-electron chi connectivity index (χ0n) is 9.45. The molecule has 1 fully saturated rings. The Hall–Kier alpha value is -1.38. The summed E-state index contributed by atoms with van der Waals surface area (Å²) in [6, 6.07) is 7.00. The third-order valence-electron chi connectivity index (χ3n) is 3.25. The summed E-state index contributed by atoms with van der Waals surface area (Å²) in [5.74, 6) is -0.134. The van der Waals surface area contributed by atoms with Gasteiger partial charge in [-0.1, -0.05) is 31.9 Å². The standard InChI is InChI=1S/C12H15F.CH2O2/c1-12(8-2-3-9-12)10-4-6-11(13)7-5-10;2-1-3/h4-7H,2-3,8-9H2,1H3;1H,(H,2,3). The van der Waals surface area contributed by atoms with Gasteiger partial charge >= 0.3 is 0 Å². The zero-order chi connectivity index (χ0) is 12.0. The quantitative estimate of drug-likeness (QED) is 0.743. The van der Waals surface area contributed by atoms with Crippen LogP contribution in [-0.2, 0) is 10.2 Å². The average molecular weight is 224 g/mol. The normalized spacial score (nSPS) is 17.4. The lowest BCUT2D eigenvalue weighted by atomic mass is 9.81. The highest BCUT2D eigenvalue weighted by Gasteiger charge is 2.30. The molecule has 1 N–H and O–H groups in total. The Morgan fingerprint density at radius 3 is 2.12 bits per heavy atom. The largest absolute Gasteiger partial charge is 0.483 e. The van der Waals surface area contributed by atoms with E-state index in [-0.39, 0.29) is 12.3 Å². The first-order valence-corrected chi connectivity index (χ1v) is 5.46. The second kappa shape index (κ2) is 5.64. The molecule has 0 unspecified atom stereocenters. The Morgan fingerprint density at radius 2 is 1.69 bits per heavy atom. The number of rotatable bonds is 1. The summed E-state index contributed by atoms with van der Waals surface area (Å²) in [5.41, 5.74) is 1.61. The Labute approximate surface area is 95.1 Å². The van der Waals surface area contributed by atoms with Crippen LogP contribution < -0.4 is 0 Å². The van der Waals surface area contributed by atoms with E-state index < -0.39 is 0 Å². The van der Waals surface area contributed by atoms with Crippen molar-refractivity contribution in [2.24, 2.45) is 0 Å². The van der Waals surface area contributed by atoms with Crippen LogP contribution in [0.25, 0.3) is 0 Å². The molecule has 0 aromatic heterocycles. The SMILES string of the molecule is CC1(c2ccc(F)cc2)CCCC1.O=CO. The van der Waals surface area contributed by atoms with Crippen LogP contribution in [0.2, 0.25) is 0 Å². The molecule has 3 heteroatoms. The molecule has 88 valence electrons. The van der Waals surface area contributed by atoms with Crippen molar-refractivity contribution in [2.75, 3.05) is 0 Å². The highest BCUT2D eigenvalue weighted by Crippen LogP contribution is 2.40. The first-order chi connectivity index (χ1) is 7.62. The van der Waals surface area contributed by atoms with Crippen LogP contribution in [0.15, 0.2) is 24.3 Å². The summed E-state index contributed by atoms with van der Waals surface area (Å²) in [5, 5.41) is 6.89. The molecule has 1 aliphatic rings. The first-order valence-electron chi connectivity index (χ1n) is 5.46. The second-order valence-electron chi connectivity index (χ2n) is 4.38. The number of hydrogen-bond donors (Lipinski definition) is 1. The van der Waals surface area contributed by atoms with Crippen LogP contribution in [0, 0.1) is 5.82 Å². The van der Waals surface area contributed by atoms with Crippen molar-refractivity contribution in [1.29, 1.82) is 0 Å². The minimum absolute atomic E-state index is 0.134.